The van der Waals surface area contributed by atoms with Gasteiger partial charge in [0.15, 0.2) is 0 Å². The molecule has 1 unspecified atom stereocenters. The molecule has 0 radical (unpaired) electrons. The van der Waals surface area contributed by atoms with Gasteiger partial charge in [-0.05, 0) is 18.8 Å². The van der Waals surface area contributed by atoms with Gasteiger partial charge in [0.25, 0.3) is 0 Å². The number of nitrogens with zero attached hydrogens (tertiary/aromatic N) is 1. The molecule has 16 heavy (non-hydrogen) atoms. The molecular weight excluding hydrogens is 200 g/mol. The van der Waals surface area contributed by atoms with E-state index in [-0.39, 0.29) is 17.2 Å². The molecule has 0 saturated carbocycles. The third kappa shape index (κ3) is 5.31. The van der Waals surface area contributed by atoms with Crippen molar-refractivity contribution in [3.63, 3.8) is 0 Å². The topological polar surface area (TPSA) is 46.3 Å². The highest BCUT2D eigenvalue weighted by atomic mass is 16.2. The van der Waals surface area contributed by atoms with Gasteiger partial charge in [0, 0.05) is 19.6 Å². The highest BCUT2D eigenvalue weighted by Gasteiger charge is 2.26. The molecule has 0 fully saturated rings. The SMILES string of the molecule is C=CCN(CC)C(=O)C(CN)CC(C)(C)C. The summed E-state index contributed by atoms with van der Waals surface area (Å²) in [6.45, 7) is 13.8. The van der Waals surface area contributed by atoms with Crippen LogP contribution in [-0.4, -0.2) is 30.4 Å². The summed E-state index contributed by atoms with van der Waals surface area (Å²) >= 11 is 0. The fraction of sp³-hybridized carbons (Fsp3) is 0.769. The number of likely N-dealkylation sites (N-methyl/N-ethyl adjacent to an activating group) is 1. The molecule has 1 atom stereocenters. The quantitative estimate of drug-likeness (QED) is 0.704. The minimum absolute atomic E-state index is 0.0695. The molecule has 3 heteroatoms. The highest BCUT2D eigenvalue weighted by Crippen LogP contribution is 2.25. The Bertz CT molecular complexity index is 231. The maximum Gasteiger partial charge on any atom is 0.227 e. The predicted molar refractivity (Wildman–Crippen MR) is 69.1 cm³/mol. The molecule has 0 rings (SSSR count). The van der Waals surface area contributed by atoms with Gasteiger partial charge in [-0.2, -0.15) is 0 Å². The summed E-state index contributed by atoms with van der Waals surface area (Å²) in [6.07, 6.45) is 2.59. The van der Waals surface area contributed by atoms with E-state index in [1.165, 1.54) is 0 Å². The maximum atomic E-state index is 12.2. The lowest BCUT2D eigenvalue weighted by Crippen LogP contribution is -2.40. The molecule has 1 amide bonds. The number of rotatable bonds is 6. The summed E-state index contributed by atoms with van der Waals surface area (Å²) in [4.78, 5) is 14.0. The Kier molecular flexibility index (Phi) is 6.34. The molecule has 0 saturated heterocycles. The van der Waals surface area contributed by atoms with E-state index in [0.29, 0.717) is 19.6 Å². The van der Waals surface area contributed by atoms with Crippen LogP contribution in [0, 0.1) is 11.3 Å². The van der Waals surface area contributed by atoms with E-state index in [2.05, 4.69) is 27.4 Å². The Morgan fingerprint density at radius 1 is 1.50 bits per heavy atom. The normalized spacial score (nSPS) is 13.3. The van der Waals surface area contributed by atoms with Crippen LogP contribution in [0.5, 0.6) is 0 Å². The Morgan fingerprint density at radius 3 is 2.38 bits per heavy atom. The highest BCUT2D eigenvalue weighted by molar-refractivity contribution is 5.79. The van der Waals surface area contributed by atoms with Gasteiger partial charge in [-0.15, -0.1) is 6.58 Å². The van der Waals surface area contributed by atoms with Gasteiger partial charge in [-0.3, -0.25) is 4.79 Å². The van der Waals surface area contributed by atoms with E-state index in [1.807, 2.05) is 6.92 Å². The first kappa shape index (κ1) is 15.2. The minimum Gasteiger partial charge on any atom is -0.339 e. The van der Waals surface area contributed by atoms with E-state index in [9.17, 15) is 4.79 Å². The zero-order chi connectivity index (χ0) is 12.8. The lowest BCUT2D eigenvalue weighted by atomic mass is 9.84. The summed E-state index contributed by atoms with van der Waals surface area (Å²) in [6, 6.07) is 0. The van der Waals surface area contributed by atoms with Crippen molar-refractivity contribution in [1.29, 1.82) is 0 Å². The summed E-state index contributed by atoms with van der Waals surface area (Å²) in [5.41, 5.74) is 5.83. The maximum absolute atomic E-state index is 12.2. The number of amides is 1. The molecule has 0 aromatic rings. The monoisotopic (exact) mass is 226 g/mol. The second-order valence-corrected chi connectivity index (χ2v) is 5.36. The molecule has 3 nitrogen and oxygen atoms in total. The van der Waals surface area contributed by atoms with Crippen LogP contribution < -0.4 is 5.73 Å². The van der Waals surface area contributed by atoms with Crippen molar-refractivity contribution in [2.45, 2.75) is 34.1 Å². The van der Waals surface area contributed by atoms with Gasteiger partial charge < -0.3 is 10.6 Å². The van der Waals surface area contributed by atoms with E-state index in [0.717, 1.165) is 6.42 Å². The van der Waals surface area contributed by atoms with Crippen molar-refractivity contribution in [3.8, 4) is 0 Å². The Balaban J connectivity index is 4.56. The predicted octanol–water partition coefficient (Wildman–Crippen LogP) is 2.03. The van der Waals surface area contributed by atoms with Crippen molar-refractivity contribution in [3.05, 3.63) is 12.7 Å². The molecular formula is C13H26N2O. The number of hydrogen-bond acceptors (Lipinski definition) is 2. The number of carbonyl (C=O) groups excluding carboxylic acids is 1. The van der Waals surface area contributed by atoms with E-state index >= 15 is 0 Å². The molecule has 0 heterocycles. The fourth-order valence-electron chi connectivity index (χ4n) is 1.80. The molecule has 0 aromatic carbocycles. The lowest BCUT2D eigenvalue weighted by Gasteiger charge is -2.29. The Hall–Kier alpha value is -0.830. The van der Waals surface area contributed by atoms with Crippen LogP contribution in [0.2, 0.25) is 0 Å². The first-order valence-electron chi connectivity index (χ1n) is 5.95. The van der Waals surface area contributed by atoms with Crippen molar-refractivity contribution in [2.75, 3.05) is 19.6 Å². The number of nitrogens with two attached hydrogens (primary N) is 1. The van der Waals surface area contributed by atoms with Gasteiger partial charge in [0.2, 0.25) is 5.91 Å². The summed E-state index contributed by atoms with van der Waals surface area (Å²) in [5, 5.41) is 0. The van der Waals surface area contributed by atoms with Crippen molar-refractivity contribution >= 4 is 5.91 Å². The van der Waals surface area contributed by atoms with Crippen LogP contribution in [0.1, 0.15) is 34.1 Å². The zero-order valence-corrected chi connectivity index (χ0v) is 11.1. The van der Waals surface area contributed by atoms with E-state index in [1.54, 1.807) is 11.0 Å². The van der Waals surface area contributed by atoms with Crippen LogP contribution in [0.3, 0.4) is 0 Å². The van der Waals surface area contributed by atoms with Crippen molar-refractivity contribution in [2.24, 2.45) is 17.1 Å². The molecule has 0 aliphatic carbocycles. The molecule has 0 aromatic heterocycles. The van der Waals surface area contributed by atoms with E-state index in [4.69, 9.17) is 5.73 Å². The second kappa shape index (κ2) is 6.69. The summed E-state index contributed by atoms with van der Waals surface area (Å²) in [5.74, 6) is 0.0831. The van der Waals surface area contributed by atoms with Crippen LogP contribution in [0.4, 0.5) is 0 Å². The minimum atomic E-state index is -0.0695. The van der Waals surface area contributed by atoms with Crippen LogP contribution >= 0.6 is 0 Å². The van der Waals surface area contributed by atoms with Crippen molar-refractivity contribution in [1.82, 2.24) is 4.90 Å². The molecule has 0 bridgehead atoms. The van der Waals surface area contributed by atoms with Crippen LogP contribution in [0.15, 0.2) is 12.7 Å². The van der Waals surface area contributed by atoms with Gasteiger partial charge in [0.1, 0.15) is 0 Å². The average molecular weight is 226 g/mol. The smallest absolute Gasteiger partial charge is 0.227 e. The van der Waals surface area contributed by atoms with Crippen molar-refractivity contribution < 1.29 is 4.79 Å². The second-order valence-electron chi connectivity index (χ2n) is 5.36. The van der Waals surface area contributed by atoms with Crippen LogP contribution in [-0.2, 0) is 4.79 Å². The molecule has 0 aliphatic heterocycles. The summed E-state index contributed by atoms with van der Waals surface area (Å²) in [7, 11) is 0. The Morgan fingerprint density at radius 2 is 2.06 bits per heavy atom. The molecule has 0 spiro atoms. The Labute approximate surface area is 99.7 Å². The lowest BCUT2D eigenvalue weighted by molar-refractivity contribution is -0.135. The third-order valence-corrected chi connectivity index (χ3v) is 2.54. The standard InChI is InChI=1S/C13H26N2O/c1-6-8-15(7-2)12(16)11(10-14)9-13(3,4)5/h6,11H,1,7-10,14H2,2-5H3. The molecule has 0 aliphatic rings. The first-order valence-corrected chi connectivity index (χ1v) is 5.95. The van der Waals surface area contributed by atoms with E-state index < -0.39 is 0 Å². The first-order chi connectivity index (χ1) is 7.35. The molecule has 2 N–H and O–H groups in total. The number of carbonyl (C=O) groups is 1. The third-order valence-electron chi connectivity index (χ3n) is 2.54. The largest absolute Gasteiger partial charge is 0.339 e. The number of hydrogen-bond donors (Lipinski definition) is 1. The van der Waals surface area contributed by atoms with Gasteiger partial charge in [-0.25, -0.2) is 0 Å². The van der Waals surface area contributed by atoms with Gasteiger partial charge in [0.05, 0.1) is 5.92 Å². The zero-order valence-electron chi connectivity index (χ0n) is 11.1. The average Bonchev–Trinajstić information content (AvgIpc) is 2.20. The van der Waals surface area contributed by atoms with Crippen LogP contribution in [0.25, 0.3) is 0 Å². The van der Waals surface area contributed by atoms with Gasteiger partial charge >= 0.3 is 0 Å². The van der Waals surface area contributed by atoms with Gasteiger partial charge in [-0.1, -0.05) is 26.8 Å². The summed E-state index contributed by atoms with van der Waals surface area (Å²) < 4.78 is 0. The molecule has 94 valence electrons. The fourth-order valence-corrected chi connectivity index (χ4v) is 1.80.